The molecular formula is C27H21ClN4O5. The average molecular weight is 517 g/mol. The number of nitro groups is 1. The lowest BCUT2D eigenvalue weighted by Crippen LogP contribution is -2.20. The van der Waals surface area contributed by atoms with Crippen LogP contribution in [0.25, 0.3) is 33.5 Å². The number of benzene rings is 3. The molecule has 0 unspecified atom stereocenters. The Hall–Kier alpha value is -4.50. The van der Waals surface area contributed by atoms with Crippen LogP contribution >= 0.6 is 11.6 Å². The van der Waals surface area contributed by atoms with E-state index in [0.29, 0.717) is 28.7 Å². The highest BCUT2D eigenvalue weighted by Gasteiger charge is 2.23. The minimum Gasteiger partial charge on any atom is -0.483 e. The highest BCUT2D eigenvalue weighted by molar-refractivity contribution is 6.31. The Morgan fingerprint density at radius 3 is 2.70 bits per heavy atom. The van der Waals surface area contributed by atoms with Crippen LogP contribution in [0.4, 0.5) is 5.69 Å². The van der Waals surface area contributed by atoms with Gasteiger partial charge in [-0.3, -0.25) is 14.9 Å². The second-order valence-electron chi connectivity index (χ2n) is 8.40. The van der Waals surface area contributed by atoms with Gasteiger partial charge in [-0.25, -0.2) is 4.98 Å². The quantitative estimate of drug-likeness (QED) is 0.140. The Bertz CT molecular complexity index is 1710. The zero-order chi connectivity index (χ0) is 26.1. The van der Waals surface area contributed by atoms with Gasteiger partial charge in [0.15, 0.2) is 5.76 Å². The summed E-state index contributed by atoms with van der Waals surface area (Å²) in [5, 5.41) is 17.5. The summed E-state index contributed by atoms with van der Waals surface area (Å²) >= 11 is 6.18. The molecule has 5 rings (SSSR count). The maximum Gasteiger partial charge on any atom is 0.313 e. The number of para-hydroxylation sites is 2. The van der Waals surface area contributed by atoms with Crippen LogP contribution in [0.15, 0.2) is 81.0 Å². The minimum atomic E-state index is -0.565. The van der Waals surface area contributed by atoms with Crippen molar-refractivity contribution in [3.8, 4) is 17.3 Å². The van der Waals surface area contributed by atoms with E-state index in [1.165, 1.54) is 18.3 Å². The maximum atomic E-state index is 13.5. The predicted octanol–water partition coefficient (Wildman–Crippen LogP) is 6.43. The normalized spacial score (nSPS) is 12.4. The second kappa shape index (κ2) is 9.87. The van der Waals surface area contributed by atoms with Crippen molar-refractivity contribution in [1.29, 1.82) is 0 Å². The first-order chi connectivity index (χ1) is 17.9. The van der Waals surface area contributed by atoms with E-state index >= 15 is 0 Å². The van der Waals surface area contributed by atoms with Gasteiger partial charge in [0.25, 0.3) is 5.56 Å². The van der Waals surface area contributed by atoms with Crippen LogP contribution in [0.3, 0.4) is 0 Å². The van der Waals surface area contributed by atoms with Gasteiger partial charge in [0.2, 0.25) is 11.6 Å². The van der Waals surface area contributed by atoms with Crippen molar-refractivity contribution in [1.82, 2.24) is 9.66 Å². The third-order valence-corrected chi connectivity index (χ3v) is 6.08. The molecule has 2 heterocycles. The molecule has 0 fully saturated rings. The highest BCUT2D eigenvalue weighted by Crippen LogP contribution is 2.35. The molecule has 2 aromatic heterocycles. The fourth-order valence-electron chi connectivity index (χ4n) is 3.85. The van der Waals surface area contributed by atoms with E-state index in [-0.39, 0.29) is 34.0 Å². The van der Waals surface area contributed by atoms with E-state index in [9.17, 15) is 14.9 Å². The van der Waals surface area contributed by atoms with Crippen molar-refractivity contribution in [3.05, 3.63) is 97.8 Å². The third-order valence-electron chi connectivity index (χ3n) is 5.87. The monoisotopic (exact) mass is 516 g/mol. The molecule has 0 spiro atoms. The zero-order valence-electron chi connectivity index (χ0n) is 19.9. The number of nitrogens with zero attached hydrogens (tertiary/aromatic N) is 4. The SMILES string of the molecule is CC[C@@H](C)Oc1c(C=Nn2c(-c3cc4ccccc4o3)nc3ccccc3c2=O)cc(Cl)cc1[N+](=O)[O-]. The van der Waals surface area contributed by atoms with Gasteiger partial charge in [0, 0.05) is 22.0 Å². The van der Waals surface area contributed by atoms with Gasteiger partial charge in [0.1, 0.15) is 5.58 Å². The number of fused-ring (bicyclic) bond motifs is 2. The molecule has 0 aliphatic rings. The summed E-state index contributed by atoms with van der Waals surface area (Å²) in [4.78, 5) is 29.3. The van der Waals surface area contributed by atoms with Gasteiger partial charge >= 0.3 is 5.69 Å². The van der Waals surface area contributed by atoms with E-state index in [1.807, 2.05) is 31.2 Å². The standard InChI is InChI=1S/C27H21ClN4O5/c1-3-16(2)36-25-18(12-19(28)14-22(25)32(34)35)15-29-31-26(24-13-17-8-4-7-11-23(17)37-24)30-21-10-6-5-9-20(21)27(31)33/h4-16H,3H2,1-2H3/t16-/m1/s1. The number of furan rings is 1. The molecule has 0 aliphatic carbocycles. The summed E-state index contributed by atoms with van der Waals surface area (Å²) in [6.45, 7) is 3.71. The Labute approximate surface area is 215 Å². The summed E-state index contributed by atoms with van der Waals surface area (Å²) in [6, 6.07) is 18.8. The van der Waals surface area contributed by atoms with Crippen LogP contribution < -0.4 is 10.3 Å². The maximum absolute atomic E-state index is 13.5. The topological polar surface area (TPSA) is 113 Å². The second-order valence-corrected chi connectivity index (χ2v) is 8.84. The first kappa shape index (κ1) is 24.2. The smallest absolute Gasteiger partial charge is 0.313 e. The first-order valence-corrected chi connectivity index (χ1v) is 11.9. The number of ether oxygens (including phenoxy) is 1. The molecule has 9 nitrogen and oxygen atoms in total. The molecule has 0 saturated carbocycles. The van der Waals surface area contributed by atoms with Crippen molar-refractivity contribution in [3.63, 3.8) is 0 Å². The molecule has 0 aliphatic heterocycles. The molecule has 186 valence electrons. The van der Waals surface area contributed by atoms with Gasteiger partial charge in [-0.15, -0.1) is 0 Å². The summed E-state index contributed by atoms with van der Waals surface area (Å²) in [5.74, 6) is 0.533. The molecule has 0 bridgehead atoms. The van der Waals surface area contributed by atoms with E-state index < -0.39 is 10.5 Å². The zero-order valence-corrected chi connectivity index (χ0v) is 20.7. The minimum absolute atomic E-state index is 0.0135. The molecule has 1 atom stereocenters. The number of aromatic nitrogens is 2. The van der Waals surface area contributed by atoms with Gasteiger partial charge in [-0.05, 0) is 43.7 Å². The van der Waals surface area contributed by atoms with Crippen LogP contribution in [-0.4, -0.2) is 26.9 Å². The van der Waals surface area contributed by atoms with E-state index in [2.05, 4.69) is 10.1 Å². The molecule has 0 saturated heterocycles. The van der Waals surface area contributed by atoms with Gasteiger partial charge in [-0.1, -0.05) is 48.9 Å². The lowest BCUT2D eigenvalue weighted by molar-refractivity contribution is -0.386. The largest absolute Gasteiger partial charge is 0.483 e. The van der Waals surface area contributed by atoms with Crippen molar-refractivity contribution in [2.45, 2.75) is 26.4 Å². The van der Waals surface area contributed by atoms with Crippen LogP contribution in [0.2, 0.25) is 5.02 Å². The van der Waals surface area contributed by atoms with Crippen LogP contribution in [0.5, 0.6) is 5.75 Å². The first-order valence-electron chi connectivity index (χ1n) is 11.6. The van der Waals surface area contributed by atoms with Crippen molar-refractivity contribution < 1.29 is 14.1 Å². The van der Waals surface area contributed by atoms with Crippen LogP contribution in [0, 0.1) is 10.1 Å². The summed E-state index contributed by atoms with van der Waals surface area (Å²) in [7, 11) is 0. The van der Waals surface area contributed by atoms with Crippen molar-refractivity contribution in [2.24, 2.45) is 5.10 Å². The van der Waals surface area contributed by atoms with Gasteiger partial charge in [-0.2, -0.15) is 9.78 Å². The lowest BCUT2D eigenvalue weighted by Gasteiger charge is -2.15. The summed E-state index contributed by atoms with van der Waals surface area (Å²) < 4.78 is 13.0. The molecule has 37 heavy (non-hydrogen) atoms. The summed E-state index contributed by atoms with van der Waals surface area (Å²) in [6.07, 6.45) is 1.63. The molecule has 0 amide bonds. The Balaban J connectivity index is 1.72. The summed E-state index contributed by atoms with van der Waals surface area (Å²) in [5.41, 5.74) is 0.628. The molecular weight excluding hydrogens is 496 g/mol. The molecule has 0 radical (unpaired) electrons. The van der Waals surface area contributed by atoms with Crippen LogP contribution in [-0.2, 0) is 0 Å². The van der Waals surface area contributed by atoms with Crippen molar-refractivity contribution in [2.75, 3.05) is 0 Å². The Morgan fingerprint density at radius 1 is 1.19 bits per heavy atom. The number of halogens is 1. The molecule has 5 aromatic rings. The number of hydrogen-bond acceptors (Lipinski definition) is 7. The lowest BCUT2D eigenvalue weighted by atomic mass is 10.1. The van der Waals surface area contributed by atoms with Crippen LogP contribution in [0.1, 0.15) is 25.8 Å². The Kier molecular flexibility index (Phi) is 6.45. The Morgan fingerprint density at radius 2 is 1.95 bits per heavy atom. The fraction of sp³-hybridized carbons (Fsp3) is 0.148. The number of hydrogen-bond donors (Lipinski definition) is 0. The predicted molar refractivity (Wildman–Crippen MR) is 143 cm³/mol. The molecule has 0 N–H and O–H groups in total. The van der Waals surface area contributed by atoms with Gasteiger partial charge < -0.3 is 9.15 Å². The fourth-order valence-corrected chi connectivity index (χ4v) is 4.07. The number of rotatable bonds is 7. The highest BCUT2D eigenvalue weighted by atomic mass is 35.5. The van der Waals surface area contributed by atoms with E-state index in [4.69, 9.17) is 20.8 Å². The third kappa shape index (κ3) is 4.68. The van der Waals surface area contributed by atoms with Gasteiger partial charge in [0.05, 0.1) is 28.1 Å². The number of nitro benzene ring substituents is 1. The molecule has 10 heteroatoms. The van der Waals surface area contributed by atoms with Crippen molar-refractivity contribution >= 4 is 45.4 Å². The average Bonchev–Trinajstić information content (AvgIpc) is 3.33. The van der Waals surface area contributed by atoms with E-state index in [1.54, 1.807) is 37.3 Å². The molecule has 3 aromatic carbocycles. The van der Waals surface area contributed by atoms with E-state index in [0.717, 1.165) is 10.1 Å².